The Morgan fingerprint density at radius 1 is 1.15 bits per heavy atom. The third-order valence-corrected chi connectivity index (χ3v) is 5.07. The van der Waals surface area contributed by atoms with E-state index in [9.17, 15) is 19.2 Å². The lowest BCUT2D eigenvalue weighted by molar-refractivity contribution is -0.119. The number of amides is 1. The first-order chi connectivity index (χ1) is 16.2. The second kappa shape index (κ2) is 10.8. The predicted molar refractivity (Wildman–Crippen MR) is 129 cm³/mol. The molecule has 180 valence electrons. The molecule has 0 radical (unpaired) electrons. The quantitative estimate of drug-likeness (QED) is 0.470. The lowest BCUT2D eigenvalue weighted by atomic mass is 10.1. The molecule has 0 saturated heterocycles. The average molecular weight is 469 g/mol. The summed E-state index contributed by atoms with van der Waals surface area (Å²) >= 11 is 0. The van der Waals surface area contributed by atoms with E-state index in [2.05, 4.69) is 10.1 Å². The maximum Gasteiger partial charge on any atom is 0.330 e. The Labute approximate surface area is 195 Å². The smallest absolute Gasteiger partial charge is 0.330 e. The van der Waals surface area contributed by atoms with Crippen molar-refractivity contribution in [3.05, 3.63) is 73.7 Å². The number of hydrogen-bond acceptors (Lipinski definition) is 7. The molecule has 0 bridgehead atoms. The third-order valence-electron chi connectivity index (χ3n) is 5.07. The SMILES string of the molecule is COCCN(C(=O)Cn1nc(-c2ccccc2)ccc1=O)c1c(N)n(CC(C)C)c(=O)[nH]c1=O. The first kappa shape index (κ1) is 24.6. The molecule has 0 unspecified atom stereocenters. The van der Waals surface area contributed by atoms with E-state index in [0.717, 1.165) is 15.1 Å². The molecule has 3 aromatic rings. The van der Waals surface area contributed by atoms with E-state index in [1.54, 1.807) is 6.07 Å². The minimum Gasteiger partial charge on any atom is -0.383 e. The zero-order valence-electron chi connectivity index (χ0n) is 19.4. The summed E-state index contributed by atoms with van der Waals surface area (Å²) in [7, 11) is 1.45. The summed E-state index contributed by atoms with van der Waals surface area (Å²) in [5, 5.41) is 4.31. The number of hydrogen-bond donors (Lipinski definition) is 2. The van der Waals surface area contributed by atoms with Crippen LogP contribution in [0.2, 0.25) is 0 Å². The summed E-state index contributed by atoms with van der Waals surface area (Å²) in [6, 6.07) is 12.1. The van der Waals surface area contributed by atoms with Crippen molar-refractivity contribution in [2.45, 2.75) is 26.9 Å². The van der Waals surface area contributed by atoms with Gasteiger partial charge in [0.15, 0.2) is 5.69 Å². The molecule has 0 spiro atoms. The number of nitrogens with zero attached hydrogens (tertiary/aromatic N) is 4. The summed E-state index contributed by atoms with van der Waals surface area (Å²) < 4.78 is 7.34. The number of nitrogens with two attached hydrogens (primary N) is 1. The van der Waals surface area contributed by atoms with Gasteiger partial charge in [0.05, 0.1) is 12.3 Å². The number of nitrogens with one attached hydrogen (secondary N) is 1. The standard InChI is InChI=1S/C23H28N6O5/c1-15(2)13-28-21(24)20(22(32)25-23(28)33)27(11-12-34-3)19(31)14-29-18(30)10-9-17(26-29)16-7-5-4-6-8-16/h4-10,15H,11-14,24H2,1-3H3,(H,25,32,33). The van der Waals surface area contributed by atoms with Gasteiger partial charge in [0.1, 0.15) is 12.4 Å². The summed E-state index contributed by atoms with van der Waals surface area (Å²) in [6.07, 6.45) is 0. The number of nitrogen functional groups attached to an aromatic ring is 1. The fourth-order valence-electron chi connectivity index (χ4n) is 3.47. The maximum atomic E-state index is 13.3. The molecule has 0 aliphatic rings. The molecule has 1 amide bonds. The normalized spacial score (nSPS) is 11.1. The molecule has 34 heavy (non-hydrogen) atoms. The molecular weight excluding hydrogens is 440 g/mol. The third kappa shape index (κ3) is 5.49. The van der Waals surface area contributed by atoms with Crippen molar-refractivity contribution in [3.63, 3.8) is 0 Å². The molecule has 1 aromatic carbocycles. The largest absolute Gasteiger partial charge is 0.383 e. The van der Waals surface area contributed by atoms with Gasteiger partial charge < -0.3 is 15.4 Å². The number of benzene rings is 1. The number of carbonyl (C=O) groups excluding carboxylic acids is 1. The summed E-state index contributed by atoms with van der Waals surface area (Å²) in [5.74, 6) is -0.681. The molecule has 0 atom stereocenters. The van der Waals surface area contributed by atoms with Crippen LogP contribution >= 0.6 is 0 Å². The maximum absolute atomic E-state index is 13.3. The van der Waals surface area contributed by atoms with Gasteiger partial charge in [0.2, 0.25) is 5.91 Å². The van der Waals surface area contributed by atoms with Crippen LogP contribution in [0, 0.1) is 5.92 Å². The van der Waals surface area contributed by atoms with Crippen molar-refractivity contribution < 1.29 is 9.53 Å². The minimum absolute atomic E-state index is 0.0182. The molecular formula is C23H28N6O5. The van der Waals surface area contributed by atoms with E-state index in [1.165, 1.54) is 17.7 Å². The van der Waals surface area contributed by atoms with Crippen LogP contribution < -0.4 is 27.4 Å². The molecule has 0 aliphatic carbocycles. The van der Waals surface area contributed by atoms with Gasteiger partial charge in [-0.15, -0.1) is 0 Å². The van der Waals surface area contributed by atoms with Gasteiger partial charge in [-0.3, -0.25) is 23.9 Å². The van der Waals surface area contributed by atoms with Crippen molar-refractivity contribution in [1.82, 2.24) is 19.3 Å². The molecule has 2 aromatic heterocycles. The predicted octanol–water partition coefficient (Wildman–Crippen LogP) is 0.678. The lowest BCUT2D eigenvalue weighted by Gasteiger charge is -2.24. The minimum atomic E-state index is -0.801. The summed E-state index contributed by atoms with van der Waals surface area (Å²) in [6.45, 7) is 3.67. The van der Waals surface area contributed by atoms with Crippen LogP contribution in [-0.4, -0.2) is 45.5 Å². The van der Waals surface area contributed by atoms with Crippen molar-refractivity contribution in [2.24, 2.45) is 5.92 Å². The van der Waals surface area contributed by atoms with Crippen molar-refractivity contribution >= 4 is 17.4 Å². The fourth-order valence-corrected chi connectivity index (χ4v) is 3.47. The average Bonchev–Trinajstić information content (AvgIpc) is 2.80. The molecule has 3 rings (SSSR count). The number of H-pyrrole nitrogens is 1. The zero-order valence-corrected chi connectivity index (χ0v) is 19.4. The molecule has 2 heterocycles. The summed E-state index contributed by atoms with van der Waals surface area (Å²) in [5.41, 5.74) is 5.37. The van der Waals surface area contributed by atoms with Gasteiger partial charge in [-0.05, 0) is 12.0 Å². The van der Waals surface area contributed by atoms with Gasteiger partial charge in [-0.25, -0.2) is 9.48 Å². The first-order valence-electron chi connectivity index (χ1n) is 10.8. The van der Waals surface area contributed by atoms with Crippen LogP contribution in [0.4, 0.5) is 11.5 Å². The Bertz CT molecular complexity index is 1330. The van der Waals surface area contributed by atoms with Gasteiger partial charge >= 0.3 is 5.69 Å². The monoisotopic (exact) mass is 468 g/mol. The van der Waals surface area contributed by atoms with Crippen molar-refractivity contribution in [2.75, 3.05) is 30.9 Å². The first-order valence-corrected chi connectivity index (χ1v) is 10.8. The van der Waals surface area contributed by atoms with Crippen molar-refractivity contribution in [3.8, 4) is 11.3 Å². The number of rotatable bonds is 9. The van der Waals surface area contributed by atoms with Gasteiger partial charge in [0, 0.05) is 31.8 Å². The number of methoxy groups -OCH3 is 1. The molecule has 11 nitrogen and oxygen atoms in total. The fraction of sp³-hybridized carbons (Fsp3) is 0.348. The molecule has 11 heteroatoms. The van der Waals surface area contributed by atoms with E-state index in [4.69, 9.17) is 10.5 Å². The van der Waals surface area contributed by atoms with E-state index in [1.807, 2.05) is 44.2 Å². The molecule has 0 fully saturated rings. The Kier molecular flexibility index (Phi) is 7.79. The number of aromatic nitrogens is 4. The topological polar surface area (TPSA) is 145 Å². The van der Waals surface area contributed by atoms with Crippen LogP contribution in [-0.2, 0) is 22.6 Å². The number of aromatic amines is 1. The Morgan fingerprint density at radius 3 is 2.50 bits per heavy atom. The highest BCUT2D eigenvalue weighted by atomic mass is 16.5. The van der Waals surface area contributed by atoms with E-state index < -0.39 is 29.3 Å². The van der Waals surface area contributed by atoms with Crippen LogP contribution in [0.1, 0.15) is 13.8 Å². The highest BCUT2D eigenvalue weighted by Crippen LogP contribution is 2.18. The van der Waals surface area contributed by atoms with Crippen molar-refractivity contribution in [1.29, 1.82) is 0 Å². The second-order valence-electron chi connectivity index (χ2n) is 8.12. The Morgan fingerprint density at radius 2 is 1.85 bits per heavy atom. The molecule has 0 aliphatic heterocycles. The number of carbonyl (C=O) groups is 1. The highest BCUT2D eigenvalue weighted by molar-refractivity contribution is 5.95. The van der Waals surface area contributed by atoms with E-state index >= 15 is 0 Å². The van der Waals surface area contributed by atoms with Crippen LogP contribution in [0.5, 0.6) is 0 Å². The number of ether oxygens (including phenoxy) is 1. The van der Waals surface area contributed by atoms with Crippen LogP contribution in [0.15, 0.2) is 56.8 Å². The second-order valence-corrected chi connectivity index (χ2v) is 8.12. The lowest BCUT2D eigenvalue weighted by Crippen LogP contribution is -2.45. The summed E-state index contributed by atoms with van der Waals surface area (Å²) in [4.78, 5) is 54.1. The van der Waals surface area contributed by atoms with E-state index in [-0.39, 0.29) is 37.1 Å². The van der Waals surface area contributed by atoms with Gasteiger partial charge in [-0.1, -0.05) is 44.2 Å². The zero-order chi connectivity index (χ0) is 24.8. The molecule has 3 N–H and O–H groups in total. The Hall–Kier alpha value is -3.99. The van der Waals surface area contributed by atoms with E-state index in [0.29, 0.717) is 5.69 Å². The van der Waals surface area contributed by atoms with Crippen LogP contribution in [0.3, 0.4) is 0 Å². The number of anilines is 2. The highest BCUT2D eigenvalue weighted by Gasteiger charge is 2.25. The van der Waals surface area contributed by atoms with Gasteiger partial charge in [-0.2, -0.15) is 5.10 Å². The Balaban J connectivity index is 2.02. The van der Waals surface area contributed by atoms with Gasteiger partial charge in [0.25, 0.3) is 11.1 Å². The molecule has 0 saturated carbocycles. The van der Waals surface area contributed by atoms with Crippen LogP contribution in [0.25, 0.3) is 11.3 Å².